The van der Waals surface area contributed by atoms with Gasteiger partial charge in [-0.15, -0.1) is 0 Å². The minimum atomic E-state index is -0.399. The van der Waals surface area contributed by atoms with Gasteiger partial charge in [0.25, 0.3) is 11.6 Å². The van der Waals surface area contributed by atoms with Gasteiger partial charge < -0.3 is 4.57 Å². The molecular formula is C29H24N4O3S. The third-order valence-corrected chi connectivity index (χ3v) is 7.11. The number of carbonyl (C=O) groups is 1. The average Bonchev–Trinajstić information content (AvgIpc) is 3.34. The van der Waals surface area contributed by atoms with Gasteiger partial charge in [-0.05, 0) is 67.1 Å². The van der Waals surface area contributed by atoms with Crippen LogP contribution in [0.3, 0.4) is 0 Å². The predicted molar refractivity (Wildman–Crippen MR) is 148 cm³/mol. The van der Waals surface area contributed by atoms with Crippen molar-refractivity contribution in [3.8, 4) is 5.69 Å². The second kappa shape index (κ2) is 10.3. The molecule has 5 rings (SSSR count). The highest BCUT2D eigenvalue weighted by Crippen LogP contribution is 2.36. The largest absolute Gasteiger partial charge is 0.318 e. The van der Waals surface area contributed by atoms with Gasteiger partial charge in [0, 0.05) is 23.5 Å². The van der Waals surface area contributed by atoms with Gasteiger partial charge >= 0.3 is 0 Å². The van der Waals surface area contributed by atoms with E-state index in [1.54, 1.807) is 17.0 Å². The number of aryl methyl sites for hydroxylation is 1. The fraction of sp³-hybridized carbons (Fsp3) is 0.103. The number of hydrogen-bond acceptors (Lipinski definition) is 5. The number of aliphatic imine (C=N–C) groups is 1. The Morgan fingerprint density at radius 3 is 2.35 bits per heavy atom. The Morgan fingerprint density at radius 2 is 1.65 bits per heavy atom. The van der Waals surface area contributed by atoms with E-state index in [2.05, 4.69) is 0 Å². The van der Waals surface area contributed by atoms with Crippen LogP contribution in [0.15, 0.2) is 101 Å². The van der Waals surface area contributed by atoms with Gasteiger partial charge in [-0.3, -0.25) is 19.8 Å². The van der Waals surface area contributed by atoms with Crippen LogP contribution in [-0.2, 0) is 11.3 Å². The molecule has 184 valence electrons. The number of carbonyl (C=O) groups excluding carboxylic acids is 1. The van der Waals surface area contributed by atoms with E-state index in [9.17, 15) is 14.9 Å². The molecule has 37 heavy (non-hydrogen) atoms. The normalized spacial score (nSPS) is 15.6. The van der Waals surface area contributed by atoms with E-state index in [-0.39, 0.29) is 11.6 Å². The smallest absolute Gasteiger partial charge is 0.271 e. The van der Waals surface area contributed by atoms with E-state index < -0.39 is 4.92 Å². The van der Waals surface area contributed by atoms with Crippen molar-refractivity contribution in [2.24, 2.45) is 4.99 Å². The molecule has 0 unspecified atom stereocenters. The number of amides is 1. The van der Waals surface area contributed by atoms with E-state index >= 15 is 0 Å². The topological polar surface area (TPSA) is 80.7 Å². The molecule has 0 bridgehead atoms. The van der Waals surface area contributed by atoms with Gasteiger partial charge in [-0.1, -0.05) is 54.6 Å². The van der Waals surface area contributed by atoms with Gasteiger partial charge in [0.15, 0.2) is 5.17 Å². The molecule has 2 heterocycles. The van der Waals surface area contributed by atoms with Gasteiger partial charge in [0.2, 0.25) is 0 Å². The Morgan fingerprint density at radius 1 is 0.946 bits per heavy atom. The first-order valence-electron chi connectivity index (χ1n) is 11.7. The summed E-state index contributed by atoms with van der Waals surface area (Å²) in [7, 11) is 0. The van der Waals surface area contributed by atoms with Crippen molar-refractivity contribution >= 4 is 40.3 Å². The van der Waals surface area contributed by atoms with Crippen LogP contribution in [0.2, 0.25) is 0 Å². The quantitative estimate of drug-likeness (QED) is 0.163. The van der Waals surface area contributed by atoms with Crippen LogP contribution in [0.5, 0.6) is 0 Å². The van der Waals surface area contributed by atoms with Crippen molar-refractivity contribution in [1.82, 2.24) is 9.47 Å². The maximum absolute atomic E-state index is 13.6. The summed E-state index contributed by atoms with van der Waals surface area (Å²) in [6, 6.07) is 28.0. The maximum Gasteiger partial charge on any atom is 0.271 e. The Balaban J connectivity index is 1.52. The number of hydrogen-bond donors (Lipinski definition) is 0. The molecule has 0 aliphatic carbocycles. The van der Waals surface area contributed by atoms with Crippen LogP contribution in [0.4, 0.5) is 11.4 Å². The number of non-ortho nitro benzene ring substituents is 1. The molecule has 0 spiro atoms. The summed E-state index contributed by atoms with van der Waals surface area (Å²) in [5, 5.41) is 11.9. The zero-order chi connectivity index (χ0) is 25.9. The molecule has 1 amide bonds. The molecule has 1 aliphatic heterocycles. The van der Waals surface area contributed by atoms with Gasteiger partial charge in [0.1, 0.15) is 0 Å². The molecule has 0 radical (unpaired) electrons. The molecule has 0 saturated carbocycles. The van der Waals surface area contributed by atoms with Gasteiger partial charge in [0.05, 0.1) is 27.7 Å². The average molecular weight is 509 g/mol. The van der Waals surface area contributed by atoms with Crippen LogP contribution in [0.25, 0.3) is 11.8 Å². The molecule has 1 aliphatic rings. The summed E-state index contributed by atoms with van der Waals surface area (Å²) < 4.78 is 1.96. The molecule has 1 saturated heterocycles. The van der Waals surface area contributed by atoms with Crippen molar-refractivity contribution < 1.29 is 9.72 Å². The van der Waals surface area contributed by atoms with Crippen molar-refractivity contribution in [3.63, 3.8) is 0 Å². The van der Waals surface area contributed by atoms with Crippen LogP contribution in [0.1, 0.15) is 22.5 Å². The first-order chi connectivity index (χ1) is 17.9. The first-order valence-corrected chi connectivity index (χ1v) is 12.6. The van der Waals surface area contributed by atoms with E-state index in [4.69, 9.17) is 4.99 Å². The highest BCUT2D eigenvalue weighted by atomic mass is 32.2. The molecule has 3 aromatic carbocycles. The number of para-hydroxylation sites is 1. The second-order valence-corrected chi connectivity index (χ2v) is 9.67. The number of thioether (sulfide) groups is 1. The zero-order valence-corrected chi connectivity index (χ0v) is 21.2. The summed E-state index contributed by atoms with van der Waals surface area (Å²) >= 11 is 1.35. The molecule has 8 heteroatoms. The van der Waals surface area contributed by atoms with E-state index in [0.29, 0.717) is 22.3 Å². The Kier molecular flexibility index (Phi) is 6.74. The number of nitro benzene ring substituents is 1. The minimum absolute atomic E-state index is 0.0322. The molecule has 4 aromatic rings. The van der Waals surface area contributed by atoms with Gasteiger partial charge in [-0.2, -0.15) is 0 Å². The fourth-order valence-corrected chi connectivity index (χ4v) is 5.32. The lowest BCUT2D eigenvalue weighted by Crippen LogP contribution is -2.28. The standard InChI is InChI=1S/C29H24N4O3S/c1-20-16-23(21(2)32(20)25-14-9-15-26(18-25)33(35)36)17-27-28(34)31(19-22-10-5-3-6-11-22)29(37-27)30-24-12-7-4-8-13-24/h3-18H,19H2,1-2H3/b27-17-,30-29?. The molecule has 1 fully saturated rings. The number of nitrogens with zero attached hydrogens (tertiary/aromatic N) is 4. The number of benzene rings is 3. The highest BCUT2D eigenvalue weighted by Gasteiger charge is 2.33. The Bertz CT molecular complexity index is 1540. The van der Waals surface area contributed by atoms with Crippen molar-refractivity contribution in [2.75, 3.05) is 0 Å². The van der Waals surface area contributed by atoms with Gasteiger partial charge in [-0.25, -0.2) is 4.99 Å². The molecule has 0 N–H and O–H groups in total. The minimum Gasteiger partial charge on any atom is -0.318 e. The molecule has 0 atom stereocenters. The third-order valence-electron chi connectivity index (χ3n) is 6.11. The second-order valence-electron chi connectivity index (χ2n) is 8.66. The monoisotopic (exact) mass is 508 g/mol. The number of aromatic nitrogens is 1. The van der Waals surface area contributed by atoms with Crippen molar-refractivity contribution in [1.29, 1.82) is 0 Å². The summed E-state index contributed by atoms with van der Waals surface area (Å²) in [6.45, 7) is 4.31. The van der Waals surface area contributed by atoms with Crippen molar-refractivity contribution in [3.05, 3.63) is 129 Å². The summed E-state index contributed by atoms with van der Waals surface area (Å²) in [6.07, 6.45) is 1.88. The Hall–Kier alpha value is -4.43. The predicted octanol–water partition coefficient (Wildman–Crippen LogP) is 6.81. The zero-order valence-electron chi connectivity index (χ0n) is 20.4. The maximum atomic E-state index is 13.6. The number of amidine groups is 1. The first kappa shape index (κ1) is 24.3. The number of rotatable bonds is 6. The van der Waals surface area contributed by atoms with E-state index in [1.165, 1.54) is 17.8 Å². The third kappa shape index (κ3) is 5.10. The van der Waals surface area contributed by atoms with Crippen LogP contribution < -0.4 is 0 Å². The van der Waals surface area contributed by atoms with E-state index in [0.717, 1.165) is 28.2 Å². The number of nitro groups is 1. The SMILES string of the molecule is Cc1cc(/C=C2\SC(=Nc3ccccc3)N(Cc3ccccc3)C2=O)c(C)n1-c1cccc([N+](=O)[O-])c1. The summed E-state index contributed by atoms with van der Waals surface area (Å²) in [4.78, 5) is 31.5. The van der Waals surface area contributed by atoms with Crippen LogP contribution in [0, 0.1) is 24.0 Å². The lowest BCUT2D eigenvalue weighted by atomic mass is 10.2. The van der Waals surface area contributed by atoms with Crippen molar-refractivity contribution in [2.45, 2.75) is 20.4 Å². The summed E-state index contributed by atoms with van der Waals surface area (Å²) in [5.74, 6) is -0.108. The van der Waals surface area contributed by atoms with E-state index in [1.807, 2.05) is 97.3 Å². The summed E-state index contributed by atoms with van der Waals surface area (Å²) in [5.41, 5.74) is 5.21. The van der Waals surface area contributed by atoms with Crippen LogP contribution >= 0.6 is 11.8 Å². The fourth-order valence-electron chi connectivity index (χ4n) is 4.33. The lowest BCUT2D eigenvalue weighted by molar-refractivity contribution is -0.384. The molecular weight excluding hydrogens is 484 g/mol. The van der Waals surface area contributed by atoms with Crippen LogP contribution in [-0.4, -0.2) is 25.5 Å². The molecule has 1 aromatic heterocycles. The highest BCUT2D eigenvalue weighted by molar-refractivity contribution is 8.18. The Labute approximate surface area is 218 Å². The molecule has 7 nitrogen and oxygen atoms in total. The lowest BCUT2D eigenvalue weighted by Gasteiger charge is -2.15.